The van der Waals surface area contributed by atoms with Gasteiger partial charge in [-0.3, -0.25) is 10.1 Å². The number of anilines is 1. The van der Waals surface area contributed by atoms with E-state index in [9.17, 15) is 10.1 Å². The van der Waals surface area contributed by atoms with Gasteiger partial charge in [-0.25, -0.2) is 0 Å². The van der Waals surface area contributed by atoms with Gasteiger partial charge in [-0.05, 0) is 12.3 Å². The van der Waals surface area contributed by atoms with E-state index in [0.29, 0.717) is 11.8 Å². The van der Waals surface area contributed by atoms with Crippen LogP contribution in [0.2, 0.25) is 0 Å². The Morgan fingerprint density at radius 2 is 2.17 bits per heavy atom. The molecule has 1 aromatic rings. The molecular formula is C12H19N3O3. The zero-order valence-electron chi connectivity index (χ0n) is 11.1. The van der Waals surface area contributed by atoms with Crippen LogP contribution in [-0.4, -0.2) is 23.1 Å². The third-order valence-electron chi connectivity index (χ3n) is 2.82. The molecule has 0 amide bonds. The summed E-state index contributed by atoms with van der Waals surface area (Å²) in [5, 5.41) is 14.1. The van der Waals surface area contributed by atoms with Crippen molar-refractivity contribution in [3.05, 3.63) is 22.2 Å². The third kappa shape index (κ3) is 3.32. The summed E-state index contributed by atoms with van der Waals surface area (Å²) in [5.41, 5.74) is -0.0325. The lowest BCUT2D eigenvalue weighted by atomic mass is 10.0. The van der Waals surface area contributed by atoms with Gasteiger partial charge in [0.15, 0.2) is 0 Å². The molecule has 1 aromatic heterocycles. The molecule has 0 radical (unpaired) electrons. The quantitative estimate of drug-likeness (QED) is 0.623. The van der Waals surface area contributed by atoms with Gasteiger partial charge in [0.2, 0.25) is 11.7 Å². The number of hydrogen-bond donors (Lipinski definition) is 1. The molecule has 0 spiro atoms. The summed E-state index contributed by atoms with van der Waals surface area (Å²) in [6, 6.07) is 3.03. The van der Waals surface area contributed by atoms with Crippen LogP contribution in [0, 0.1) is 16.0 Å². The van der Waals surface area contributed by atoms with E-state index in [1.807, 2.05) is 6.92 Å². The van der Waals surface area contributed by atoms with Crippen molar-refractivity contribution in [2.45, 2.75) is 33.2 Å². The Morgan fingerprint density at radius 1 is 1.50 bits per heavy atom. The topological polar surface area (TPSA) is 77.3 Å². The van der Waals surface area contributed by atoms with Crippen molar-refractivity contribution in [2.24, 2.45) is 5.92 Å². The van der Waals surface area contributed by atoms with Crippen molar-refractivity contribution in [1.29, 1.82) is 0 Å². The molecular weight excluding hydrogens is 234 g/mol. The monoisotopic (exact) mass is 253 g/mol. The molecule has 0 bridgehead atoms. The summed E-state index contributed by atoms with van der Waals surface area (Å²) in [6.45, 7) is 6.16. The maximum Gasteiger partial charge on any atom is 0.311 e. The average molecular weight is 253 g/mol. The van der Waals surface area contributed by atoms with Crippen LogP contribution in [-0.2, 0) is 0 Å². The largest absolute Gasteiger partial charge is 0.481 e. The van der Waals surface area contributed by atoms with E-state index in [0.717, 1.165) is 6.42 Å². The fraction of sp³-hybridized carbons (Fsp3) is 0.583. The van der Waals surface area contributed by atoms with E-state index in [-0.39, 0.29) is 17.5 Å². The van der Waals surface area contributed by atoms with Crippen LogP contribution in [0.4, 0.5) is 11.5 Å². The summed E-state index contributed by atoms with van der Waals surface area (Å²) in [5.74, 6) is 0.990. The van der Waals surface area contributed by atoms with Crippen molar-refractivity contribution >= 4 is 11.5 Å². The minimum Gasteiger partial charge on any atom is -0.481 e. The molecule has 1 heterocycles. The van der Waals surface area contributed by atoms with Gasteiger partial charge in [0.05, 0.1) is 12.0 Å². The Balaban J connectivity index is 3.07. The molecule has 0 aromatic carbocycles. The van der Waals surface area contributed by atoms with Crippen LogP contribution in [0.25, 0.3) is 0 Å². The molecule has 0 aliphatic carbocycles. The Bertz CT molecular complexity index is 421. The highest BCUT2D eigenvalue weighted by molar-refractivity contribution is 5.57. The molecule has 6 heteroatoms. The molecule has 1 rings (SSSR count). The molecule has 0 aliphatic heterocycles. The molecule has 6 nitrogen and oxygen atoms in total. The molecule has 0 fully saturated rings. The van der Waals surface area contributed by atoms with Crippen LogP contribution in [0.1, 0.15) is 27.2 Å². The maximum atomic E-state index is 10.9. The van der Waals surface area contributed by atoms with Crippen LogP contribution < -0.4 is 10.1 Å². The van der Waals surface area contributed by atoms with Crippen LogP contribution in [0.5, 0.6) is 5.88 Å². The highest BCUT2D eigenvalue weighted by Crippen LogP contribution is 2.26. The number of aromatic nitrogens is 1. The van der Waals surface area contributed by atoms with Gasteiger partial charge in [0, 0.05) is 18.2 Å². The summed E-state index contributed by atoms with van der Waals surface area (Å²) >= 11 is 0. The number of ether oxygens (including phenoxy) is 1. The molecule has 1 unspecified atom stereocenters. The van der Waals surface area contributed by atoms with E-state index >= 15 is 0 Å². The van der Waals surface area contributed by atoms with E-state index in [4.69, 9.17) is 4.74 Å². The second kappa shape index (κ2) is 6.18. The molecule has 18 heavy (non-hydrogen) atoms. The van der Waals surface area contributed by atoms with Gasteiger partial charge < -0.3 is 10.1 Å². The number of rotatable bonds is 6. The Hall–Kier alpha value is -1.85. The first-order valence-electron chi connectivity index (χ1n) is 5.95. The number of nitrogens with one attached hydrogen (secondary N) is 1. The fourth-order valence-electron chi connectivity index (χ4n) is 1.72. The van der Waals surface area contributed by atoms with Crippen molar-refractivity contribution in [3.8, 4) is 5.88 Å². The molecule has 0 aliphatic rings. The number of methoxy groups -OCH3 is 1. The predicted octanol–water partition coefficient (Wildman–Crippen LogP) is 2.84. The molecule has 1 atom stereocenters. The summed E-state index contributed by atoms with van der Waals surface area (Å²) in [6.07, 6.45) is 0.869. The smallest absolute Gasteiger partial charge is 0.311 e. The first-order chi connectivity index (χ1) is 8.49. The van der Waals surface area contributed by atoms with Crippen molar-refractivity contribution in [1.82, 2.24) is 4.98 Å². The average Bonchev–Trinajstić information content (AvgIpc) is 2.34. The van der Waals surface area contributed by atoms with Gasteiger partial charge in [-0.1, -0.05) is 20.8 Å². The second-order valence-electron chi connectivity index (χ2n) is 4.38. The van der Waals surface area contributed by atoms with Gasteiger partial charge in [0.25, 0.3) is 0 Å². The van der Waals surface area contributed by atoms with Crippen LogP contribution in [0.15, 0.2) is 12.1 Å². The van der Waals surface area contributed by atoms with Crippen molar-refractivity contribution < 1.29 is 9.66 Å². The lowest BCUT2D eigenvalue weighted by molar-refractivity contribution is -0.384. The lowest BCUT2D eigenvalue weighted by Crippen LogP contribution is -2.25. The molecule has 0 saturated heterocycles. The normalized spacial score (nSPS) is 12.3. The van der Waals surface area contributed by atoms with Gasteiger partial charge in [-0.2, -0.15) is 4.98 Å². The van der Waals surface area contributed by atoms with E-state index < -0.39 is 4.92 Å². The fourth-order valence-corrected chi connectivity index (χ4v) is 1.72. The highest BCUT2D eigenvalue weighted by atomic mass is 16.6. The van der Waals surface area contributed by atoms with E-state index in [1.165, 1.54) is 19.2 Å². The molecule has 0 saturated carbocycles. The van der Waals surface area contributed by atoms with E-state index in [2.05, 4.69) is 24.1 Å². The SMILES string of the molecule is CCC(Nc1nc(OC)ccc1[N+](=O)[O-])C(C)C. The minimum atomic E-state index is -0.443. The first kappa shape index (κ1) is 14.2. The van der Waals surface area contributed by atoms with Gasteiger partial charge >= 0.3 is 5.69 Å². The Kier molecular flexibility index (Phi) is 4.88. The van der Waals surface area contributed by atoms with Gasteiger partial charge in [0.1, 0.15) is 0 Å². The van der Waals surface area contributed by atoms with Crippen molar-refractivity contribution in [2.75, 3.05) is 12.4 Å². The lowest BCUT2D eigenvalue weighted by Gasteiger charge is -2.21. The highest BCUT2D eigenvalue weighted by Gasteiger charge is 2.20. The number of hydrogen-bond acceptors (Lipinski definition) is 5. The van der Waals surface area contributed by atoms with Crippen molar-refractivity contribution in [3.63, 3.8) is 0 Å². The zero-order chi connectivity index (χ0) is 13.7. The van der Waals surface area contributed by atoms with Crippen LogP contribution in [0.3, 0.4) is 0 Å². The number of nitro groups is 1. The zero-order valence-corrected chi connectivity index (χ0v) is 11.1. The Labute approximate surface area is 107 Å². The first-order valence-corrected chi connectivity index (χ1v) is 5.95. The number of nitrogens with zero attached hydrogens (tertiary/aromatic N) is 2. The summed E-state index contributed by atoms with van der Waals surface area (Å²) in [4.78, 5) is 14.6. The third-order valence-corrected chi connectivity index (χ3v) is 2.82. The molecule has 1 N–H and O–H groups in total. The van der Waals surface area contributed by atoms with Crippen LogP contribution >= 0.6 is 0 Å². The van der Waals surface area contributed by atoms with Gasteiger partial charge in [-0.15, -0.1) is 0 Å². The summed E-state index contributed by atoms with van der Waals surface area (Å²) in [7, 11) is 1.48. The predicted molar refractivity (Wildman–Crippen MR) is 70.0 cm³/mol. The standard InChI is InChI=1S/C12H19N3O3/c1-5-9(8(2)3)13-12-10(15(16)17)6-7-11(14-12)18-4/h6-9H,5H2,1-4H3,(H,13,14). The van der Waals surface area contributed by atoms with E-state index in [1.54, 1.807) is 0 Å². The number of pyridine rings is 1. The Morgan fingerprint density at radius 3 is 2.61 bits per heavy atom. The maximum absolute atomic E-state index is 10.9. The molecule has 100 valence electrons. The second-order valence-corrected chi connectivity index (χ2v) is 4.38. The summed E-state index contributed by atoms with van der Waals surface area (Å²) < 4.78 is 4.99. The minimum absolute atomic E-state index is 0.0325.